The largest absolute Gasteiger partial charge is 0.396 e. The number of nitrogens with two attached hydrogens (primary N) is 1. The molecule has 0 amide bonds. The van der Waals surface area contributed by atoms with E-state index in [1.807, 2.05) is 65.2 Å². The van der Waals surface area contributed by atoms with Gasteiger partial charge >= 0.3 is 0 Å². The topological polar surface area (TPSA) is 76.2 Å². The third-order valence-electron chi connectivity index (χ3n) is 4.83. The predicted molar refractivity (Wildman–Crippen MR) is 114 cm³/mol. The Labute approximate surface area is 169 Å². The van der Waals surface area contributed by atoms with Gasteiger partial charge in [-0.2, -0.15) is 0 Å². The average molecular weight is 431 g/mol. The van der Waals surface area contributed by atoms with Gasteiger partial charge in [0.15, 0.2) is 0 Å². The number of aromatic nitrogens is 3. The van der Waals surface area contributed by atoms with E-state index in [0.29, 0.717) is 22.8 Å². The monoisotopic (exact) mass is 430 g/mol. The second-order valence-corrected chi connectivity index (χ2v) is 7.45. The number of nitrogens with zero attached hydrogens (tertiary/aromatic N) is 2. The summed E-state index contributed by atoms with van der Waals surface area (Å²) in [4.78, 5) is 21.3. The minimum atomic E-state index is -0.131. The van der Waals surface area contributed by atoms with Crippen LogP contribution in [-0.2, 0) is 0 Å². The van der Waals surface area contributed by atoms with E-state index in [-0.39, 0.29) is 5.78 Å². The molecule has 28 heavy (non-hydrogen) atoms. The van der Waals surface area contributed by atoms with Crippen molar-refractivity contribution in [3.63, 3.8) is 0 Å². The molecule has 0 saturated heterocycles. The smallest absolute Gasteiger partial charge is 0.211 e. The normalized spacial score (nSPS) is 11.3. The number of nitrogen functional groups attached to an aromatic ring is 1. The maximum absolute atomic E-state index is 13.3. The standard InChI is InChI=1S/C22H15BrN4O/c23-14-10-8-13(9-11-14)21(28)20-19(24)18(17-7-3-4-12-27(17)20)22-25-15-5-1-2-6-16(15)26-22/h1-12H,24H2,(H,25,26). The molecule has 6 heteroatoms. The quantitative estimate of drug-likeness (QED) is 0.392. The van der Waals surface area contributed by atoms with Gasteiger partial charge in [-0.1, -0.05) is 34.1 Å². The number of anilines is 1. The Kier molecular flexibility index (Phi) is 3.80. The summed E-state index contributed by atoms with van der Waals surface area (Å²) in [6.45, 7) is 0. The average Bonchev–Trinajstić information content (AvgIpc) is 3.25. The second kappa shape index (κ2) is 6.35. The Hall–Kier alpha value is -3.38. The van der Waals surface area contributed by atoms with Crippen molar-refractivity contribution in [2.75, 3.05) is 5.73 Å². The number of imidazole rings is 1. The van der Waals surface area contributed by atoms with Crippen LogP contribution in [0, 0.1) is 0 Å². The van der Waals surface area contributed by atoms with Gasteiger partial charge in [-0.15, -0.1) is 0 Å². The van der Waals surface area contributed by atoms with Crippen molar-refractivity contribution in [2.24, 2.45) is 0 Å². The van der Waals surface area contributed by atoms with Gasteiger partial charge in [0.25, 0.3) is 0 Å². The molecule has 3 heterocycles. The lowest BCUT2D eigenvalue weighted by molar-refractivity contribution is 0.103. The SMILES string of the molecule is Nc1c(-c2nc3ccccc3[nH]2)c2ccccn2c1C(=O)c1ccc(Br)cc1. The number of rotatable bonds is 3. The maximum Gasteiger partial charge on any atom is 0.211 e. The molecule has 3 N–H and O–H groups in total. The number of para-hydroxylation sites is 2. The van der Waals surface area contributed by atoms with Crippen LogP contribution in [0.15, 0.2) is 77.4 Å². The van der Waals surface area contributed by atoms with Crippen LogP contribution >= 0.6 is 15.9 Å². The summed E-state index contributed by atoms with van der Waals surface area (Å²) in [5.41, 5.74) is 11.3. The number of hydrogen-bond donors (Lipinski definition) is 2. The van der Waals surface area contributed by atoms with Crippen LogP contribution in [0.25, 0.3) is 27.9 Å². The number of benzene rings is 2. The van der Waals surface area contributed by atoms with Gasteiger partial charge in [0.1, 0.15) is 11.5 Å². The predicted octanol–water partition coefficient (Wildman–Crippen LogP) is 5.06. The minimum absolute atomic E-state index is 0.131. The number of halogens is 1. The fourth-order valence-corrected chi connectivity index (χ4v) is 3.78. The highest BCUT2D eigenvalue weighted by atomic mass is 79.9. The Morgan fingerprint density at radius 3 is 2.54 bits per heavy atom. The van der Waals surface area contributed by atoms with E-state index in [1.54, 1.807) is 12.1 Å². The zero-order valence-electron chi connectivity index (χ0n) is 14.7. The van der Waals surface area contributed by atoms with Crippen molar-refractivity contribution in [1.82, 2.24) is 14.4 Å². The number of carbonyl (C=O) groups is 1. The van der Waals surface area contributed by atoms with Gasteiger partial charge in [0.05, 0.1) is 27.8 Å². The third kappa shape index (κ3) is 2.53. The fraction of sp³-hybridized carbons (Fsp3) is 0. The van der Waals surface area contributed by atoms with Crippen LogP contribution in [0.4, 0.5) is 5.69 Å². The summed E-state index contributed by atoms with van der Waals surface area (Å²) in [6.07, 6.45) is 1.85. The summed E-state index contributed by atoms with van der Waals surface area (Å²) in [5.74, 6) is 0.519. The molecule has 0 atom stereocenters. The van der Waals surface area contributed by atoms with Crippen LogP contribution in [0.1, 0.15) is 16.1 Å². The Bertz CT molecular complexity index is 1320. The molecule has 0 aliphatic carbocycles. The summed E-state index contributed by atoms with van der Waals surface area (Å²) in [6, 6.07) is 20.8. The van der Waals surface area contributed by atoms with Crippen LogP contribution in [0.3, 0.4) is 0 Å². The highest BCUT2D eigenvalue weighted by Gasteiger charge is 2.24. The lowest BCUT2D eigenvalue weighted by Crippen LogP contribution is -2.07. The summed E-state index contributed by atoms with van der Waals surface area (Å²) in [5, 5.41) is 0. The van der Waals surface area contributed by atoms with Crippen LogP contribution in [0.2, 0.25) is 0 Å². The van der Waals surface area contributed by atoms with Crippen LogP contribution in [0.5, 0.6) is 0 Å². The van der Waals surface area contributed by atoms with E-state index in [0.717, 1.165) is 26.6 Å². The lowest BCUT2D eigenvalue weighted by atomic mass is 10.1. The second-order valence-electron chi connectivity index (χ2n) is 6.53. The number of carbonyl (C=O) groups excluding carboxylic acids is 1. The van der Waals surface area contributed by atoms with E-state index < -0.39 is 0 Å². The maximum atomic E-state index is 13.3. The first-order chi connectivity index (χ1) is 13.6. The summed E-state index contributed by atoms with van der Waals surface area (Å²) >= 11 is 3.40. The number of hydrogen-bond acceptors (Lipinski definition) is 3. The zero-order chi connectivity index (χ0) is 19.3. The molecule has 0 unspecified atom stereocenters. The number of fused-ring (bicyclic) bond motifs is 2. The van der Waals surface area contributed by atoms with Gasteiger partial charge < -0.3 is 15.1 Å². The third-order valence-corrected chi connectivity index (χ3v) is 5.36. The molecule has 5 nitrogen and oxygen atoms in total. The molecular weight excluding hydrogens is 416 g/mol. The molecule has 136 valence electrons. The highest BCUT2D eigenvalue weighted by molar-refractivity contribution is 9.10. The summed E-state index contributed by atoms with van der Waals surface area (Å²) < 4.78 is 2.75. The molecule has 5 aromatic rings. The molecule has 0 saturated carbocycles. The molecule has 3 aromatic heterocycles. The van der Waals surface area contributed by atoms with Crippen molar-refractivity contribution in [1.29, 1.82) is 0 Å². The van der Waals surface area contributed by atoms with E-state index in [9.17, 15) is 4.79 Å². The first-order valence-corrected chi connectivity index (χ1v) is 9.56. The van der Waals surface area contributed by atoms with Gasteiger partial charge in [-0.25, -0.2) is 4.98 Å². The number of ketones is 1. The molecule has 0 fully saturated rings. The van der Waals surface area contributed by atoms with E-state index in [4.69, 9.17) is 5.73 Å². The molecule has 0 aliphatic rings. The highest BCUT2D eigenvalue weighted by Crippen LogP contribution is 2.36. The zero-order valence-corrected chi connectivity index (χ0v) is 16.3. The fourth-order valence-electron chi connectivity index (χ4n) is 3.52. The minimum Gasteiger partial charge on any atom is -0.396 e. The van der Waals surface area contributed by atoms with Gasteiger partial charge in [0.2, 0.25) is 5.78 Å². The van der Waals surface area contributed by atoms with Crippen molar-refractivity contribution in [3.8, 4) is 11.4 Å². The molecule has 0 radical (unpaired) electrons. The van der Waals surface area contributed by atoms with Crippen molar-refractivity contribution in [3.05, 3.63) is 88.7 Å². The Morgan fingerprint density at radius 1 is 1.00 bits per heavy atom. The van der Waals surface area contributed by atoms with Crippen LogP contribution < -0.4 is 5.73 Å². The van der Waals surface area contributed by atoms with E-state index >= 15 is 0 Å². The number of aromatic amines is 1. The number of H-pyrrole nitrogens is 1. The Balaban J connectivity index is 1.76. The van der Waals surface area contributed by atoms with Crippen LogP contribution in [-0.4, -0.2) is 20.2 Å². The van der Waals surface area contributed by atoms with E-state index in [1.165, 1.54) is 0 Å². The molecule has 0 bridgehead atoms. The first-order valence-electron chi connectivity index (χ1n) is 8.77. The number of pyridine rings is 1. The van der Waals surface area contributed by atoms with Gasteiger partial charge in [-0.3, -0.25) is 4.79 Å². The summed E-state index contributed by atoms with van der Waals surface area (Å²) in [7, 11) is 0. The Morgan fingerprint density at radius 2 is 1.75 bits per heavy atom. The van der Waals surface area contributed by atoms with Gasteiger partial charge in [0, 0.05) is 16.2 Å². The lowest BCUT2D eigenvalue weighted by Gasteiger charge is -2.04. The number of nitrogens with one attached hydrogen (secondary N) is 1. The molecule has 0 spiro atoms. The van der Waals surface area contributed by atoms with Gasteiger partial charge in [-0.05, 0) is 48.5 Å². The van der Waals surface area contributed by atoms with E-state index in [2.05, 4.69) is 25.9 Å². The molecule has 0 aliphatic heterocycles. The molecule has 2 aromatic carbocycles. The van der Waals surface area contributed by atoms with Crippen molar-refractivity contribution in [2.45, 2.75) is 0 Å². The molecule has 5 rings (SSSR count). The first kappa shape index (κ1) is 16.8. The molecular formula is C22H15BrN4O. The van der Waals surface area contributed by atoms with Crippen molar-refractivity contribution < 1.29 is 4.79 Å². The van der Waals surface area contributed by atoms with Crippen molar-refractivity contribution >= 4 is 44.0 Å².